The van der Waals surface area contributed by atoms with Gasteiger partial charge in [0.05, 0.1) is 22.8 Å². The molecule has 2 heterocycles. The summed E-state index contributed by atoms with van der Waals surface area (Å²) >= 11 is 0. The number of benzene rings is 2. The van der Waals surface area contributed by atoms with Gasteiger partial charge in [-0.25, -0.2) is 4.99 Å². The predicted octanol–water partition coefficient (Wildman–Crippen LogP) is 5.11. The Hall–Kier alpha value is -3.59. The van der Waals surface area contributed by atoms with E-state index in [-0.39, 0.29) is 5.91 Å². The van der Waals surface area contributed by atoms with E-state index < -0.39 is 23.3 Å². The Morgan fingerprint density at radius 1 is 1.16 bits per heavy atom. The number of amides is 1. The molecule has 1 amide bonds. The largest absolute Gasteiger partial charge is 0.446 e. The molecular formula is C23H19F3N4O2. The van der Waals surface area contributed by atoms with Gasteiger partial charge in [0.25, 0.3) is 0 Å². The van der Waals surface area contributed by atoms with Gasteiger partial charge in [0.1, 0.15) is 12.5 Å². The van der Waals surface area contributed by atoms with Gasteiger partial charge in [0.2, 0.25) is 11.8 Å². The van der Waals surface area contributed by atoms with E-state index in [9.17, 15) is 18.0 Å². The van der Waals surface area contributed by atoms with Crippen molar-refractivity contribution in [1.82, 2.24) is 0 Å². The highest BCUT2D eigenvalue weighted by Gasteiger charge is 2.51. The van der Waals surface area contributed by atoms with Gasteiger partial charge in [-0.15, -0.1) is 0 Å². The lowest BCUT2D eigenvalue weighted by molar-refractivity contribution is -0.137. The fraction of sp³-hybridized carbons (Fsp3) is 0.217. The number of carbonyl (C=O) groups is 1. The second-order valence-corrected chi connectivity index (χ2v) is 7.94. The highest BCUT2D eigenvalue weighted by molar-refractivity contribution is 6.01. The van der Waals surface area contributed by atoms with E-state index in [1.54, 1.807) is 47.6 Å². The molecule has 0 saturated heterocycles. The zero-order valence-electron chi connectivity index (χ0n) is 16.8. The van der Waals surface area contributed by atoms with Gasteiger partial charge in [-0.2, -0.15) is 13.2 Å². The topological polar surface area (TPSA) is 83.9 Å². The van der Waals surface area contributed by atoms with Crippen molar-refractivity contribution in [1.29, 1.82) is 0 Å². The summed E-state index contributed by atoms with van der Waals surface area (Å²) in [5.41, 5.74) is 7.06. The third-order valence-corrected chi connectivity index (χ3v) is 5.94. The Morgan fingerprint density at radius 2 is 1.91 bits per heavy atom. The maximum Gasteiger partial charge on any atom is 0.416 e. The maximum atomic E-state index is 13.1. The van der Waals surface area contributed by atoms with Crippen molar-refractivity contribution in [3.8, 4) is 0 Å². The molecule has 1 fully saturated rings. The lowest BCUT2D eigenvalue weighted by Crippen LogP contribution is -2.35. The first-order chi connectivity index (χ1) is 15.3. The molecule has 2 aromatic carbocycles. The van der Waals surface area contributed by atoms with E-state index in [4.69, 9.17) is 10.2 Å². The number of furan rings is 1. The fourth-order valence-corrected chi connectivity index (χ4v) is 3.94. The normalized spacial score (nSPS) is 18.9. The smallest absolute Gasteiger partial charge is 0.416 e. The van der Waals surface area contributed by atoms with Crippen molar-refractivity contribution in [3.63, 3.8) is 0 Å². The van der Waals surface area contributed by atoms with Gasteiger partial charge < -0.3 is 20.4 Å². The van der Waals surface area contributed by atoms with Crippen LogP contribution in [0, 0.1) is 0 Å². The number of alkyl halides is 3. The number of carbonyl (C=O) groups excluding carboxylic acids is 1. The minimum atomic E-state index is -4.45. The van der Waals surface area contributed by atoms with Crippen molar-refractivity contribution in [2.45, 2.75) is 30.6 Å². The Kier molecular flexibility index (Phi) is 4.59. The number of nitrogens with one attached hydrogen (secondary N) is 1. The van der Waals surface area contributed by atoms with Crippen LogP contribution in [-0.2, 0) is 16.4 Å². The zero-order chi connectivity index (χ0) is 22.5. The average molecular weight is 440 g/mol. The van der Waals surface area contributed by atoms with Crippen LogP contribution >= 0.6 is 0 Å². The number of nitrogens with two attached hydrogens (primary N) is 1. The number of hydrogen-bond acceptors (Lipinski definition) is 5. The monoisotopic (exact) mass is 440 g/mol. The summed E-state index contributed by atoms with van der Waals surface area (Å²) < 4.78 is 44.5. The second kappa shape index (κ2) is 7.23. The van der Waals surface area contributed by atoms with E-state index in [1.807, 2.05) is 0 Å². The molecular weight excluding hydrogens is 421 g/mol. The molecule has 1 aromatic heterocycles. The first kappa shape index (κ1) is 20.3. The zero-order valence-corrected chi connectivity index (χ0v) is 16.8. The maximum absolute atomic E-state index is 13.1. The summed E-state index contributed by atoms with van der Waals surface area (Å²) in [6.45, 7) is 0. The SMILES string of the molecule is NC1c2ccoc2N=CN1c1ccc(NC(=O)C2(c3cccc(C(F)(F)F)c3)CC2)cc1. The van der Waals surface area contributed by atoms with Crippen LogP contribution in [0.2, 0.25) is 0 Å². The van der Waals surface area contributed by atoms with Crippen LogP contribution in [0.25, 0.3) is 0 Å². The fourth-order valence-electron chi connectivity index (χ4n) is 3.94. The predicted molar refractivity (Wildman–Crippen MR) is 114 cm³/mol. The highest BCUT2D eigenvalue weighted by atomic mass is 19.4. The summed E-state index contributed by atoms with van der Waals surface area (Å²) in [4.78, 5) is 19.0. The minimum absolute atomic E-state index is 0.316. The van der Waals surface area contributed by atoms with Crippen LogP contribution in [0.5, 0.6) is 0 Å². The van der Waals surface area contributed by atoms with Crippen LogP contribution in [0.4, 0.5) is 30.4 Å². The highest BCUT2D eigenvalue weighted by Crippen LogP contribution is 2.50. The first-order valence-electron chi connectivity index (χ1n) is 10.0. The molecule has 5 rings (SSSR count). The molecule has 0 bridgehead atoms. The quantitative estimate of drug-likeness (QED) is 0.591. The molecule has 1 atom stereocenters. The number of halogens is 3. The van der Waals surface area contributed by atoms with E-state index >= 15 is 0 Å². The van der Waals surface area contributed by atoms with Gasteiger partial charge in [0, 0.05) is 11.4 Å². The van der Waals surface area contributed by atoms with Gasteiger partial charge in [-0.1, -0.05) is 18.2 Å². The van der Waals surface area contributed by atoms with Crippen molar-refractivity contribution in [3.05, 3.63) is 77.6 Å². The molecule has 1 aliphatic carbocycles. The average Bonchev–Trinajstić information content (AvgIpc) is 3.45. The molecule has 3 aromatic rings. The third-order valence-electron chi connectivity index (χ3n) is 5.94. The van der Waals surface area contributed by atoms with Gasteiger partial charge in [0.15, 0.2) is 0 Å². The molecule has 1 saturated carbocycles. The molecule has 9 heteroatoms. The molecule has 0 radical (unpaired) electrons. The lowest BCUT2D eigenvalue weighted by atomic mass is 9.93. The first-order valence-corrected chi connectivity index (χ1v) is 10.0. The van der Waals surface area contributed by atoms with E-state index in [0.717, 1.165) is 23.4 Å². The molecule has 1 unspecified atom stereocenters. The molecule has 1 aliphatic heterocycles. The summed E-state index contributed by atoms with van der Waals surface area (Å²) in [5, 5.41) is 2.84. The number of anilines is 2. The molecule has 0 spiro atoms. The third kappa shape index (κ3) is 3.44. The van der Waals surface area contributed by atoms with Crippen molar-refractivity contribution in [2.75, 3.05) is 10.2 Å². The summed E-state index contributed by atoms with van der Waals surface area (Å²) in [6.07, 6.45) is -0.792. The Labute approximate surface area is 181 Å². The standard InChI is InChI=1S/C23H19F3N4O2/c24-23(25,26)15-3-1-2-14(12-15)22(9-10-22)21(31)29-16-4-6-17(7-5-16)30-13-28-20-18(19(30)27)8-11-32-20/h1-8,11-13,19H,9-10,27H2,(H,29,31). The van der Waals surface area contributed by atoms with E-state index in [0.29, 0.717) is 30.0 Å². The van der Waals surface area contributed by atoms with Gasteiger partial charge >= 0.3 is 6.18 Å². The van der Waals surface area contributed by atoms with Crippen molar-refractivity contribution in [2.24, 2.45) is 10.7 Å². The van der Waals surface area contributed by atoms with Crippen LogP contribution in [0.15, 0.2) is 70.3 Å². The molecule has 164 valence electrons. The summed E-state index contributed by atoms with van der Waals surface area (Å²) in [5.74, 6) is 0.158. The number of aliphatic imine (C=N–C) groups is 1. The number of nitrogens with zero attached hydrogens (tertiary/aromatic N) is 2. The van der Waals surface area contributed by atoms with Gasteiger partial charge in [-0.05, 0) is 54.8 Å². The Morgan fingerprint density at radius 3 is 2.59 bits per heavy atom. The van der Waals surface area contributed by atoms with Crippen LogP contribution < -0.4 is 16.0 Å². The van der Waals surface area contributed by atoms with Crippen LogP contribution in [-0.4, -0.2) is 12.2 Å². The van der Waals surface area contributed by atoms with Crippen molar-refractivity contribution < 1.29 is 22.4 Å². The lowest BCUT2D eigenvalue weighted by Gasteiger charge is -2.29. The number of hydrogen-bond donors (Lipinski definition) is 2. The van der Waals surface area contributed by atoms with E-state index in [2.05, 4.69) is 10.3 Å². The number of rotatable bonds is 4. The molecule has 2 aliphatic rings. The molecule has 6 nitrogen and oxygen atoms in total. The summed E-state index contributed by atoms with van der Waals surface area (Å²) in [7, 11) is 0. The van der Waals surface area contributed by atoms with Crippen LogP contribution in [0.3, 0.4) is 0 Å². The van der Waals surface area contributed by atoms with Gasteiger partial charge in [-0.3, -0.25) is 4.79 Å². The molecule has 32 heavy (non-hydrogen) atoms. The van der Waals surface area contributed by atoms with E-state index in [1.165, 1.54) is 12.3 Å². The van der Waals surface area contributed by atoms with Crippen molar-refractivity contribution >= 4 is 29.5 Å². The second-order valence-electron chi connectivity index (χ2n) is 7.94. The number of fused-ring (bicyclic) bond motifs is 1. The molecule has 3 N–H and O–H groups in total. The van der Waals surface area contributed by atoms with Crippen LogP contribution in [0.1, 0.15) is 35.7 Å². The Balaban J connectivity index is 1.32. The minimum Gasteiger partial charge on any atom is -0.446 e. The Bertz CT molecular complexity index is 1200. The summed E-state index contributed by atoms with van der Waals surface area (Å²) in [6, 6.07) is 13.8.